The number of hydrogen-bond donors (Lipinski definition) is 0. The number of ether oxygens (including phenoxy) is 2. The Morgan fingerprint density at radius 1 is 1.47 bits per heavy atom. The fourth-order valence-electron chi connectivity index (χ4n) is 0.852. The summed E-state index contributed by atoms with van der Waals surface area (Å²) in [4.78, 5) is 42.5. The van der Waals surface area contributed by atoms with Crippen molar-refractivity contribution >= 4 is 24.2 Å². The van der Waals surface area contributed by atoms with Crippen LogP contribution in [0, 0.1) is 0 Å². The fraction of sp³-hybridized carbons (Fsp3) is 0.111. The van der Waals surface area contributed by atoms with Crippen LogP contribution in [0.25, 0.3) is 0 Å². The standard InChI is InChI=1S/C9H6O6/c1-5-7(9(13)15-8(5)12)14-6(11)3-2-4-10/h2-4,7H,1H2/b3-2+. The molecule has 0 aromatic heterocycles. The molecule has 0 radical (unpaired) electrons. The molecule has 0 aromatic carbocycles. The highest BCUT2D eigenvalue weighted by Gasteiger charge is 2.40. The molecule has 1 unspecified atom stereocenters. The zero-order valence-corrected chi connectivity index (χ0v) is 7.47. The molecule has 15 heavy (non-hydrogen) atoms. The maximum absolute atomic E-state index is 10.9. The molecule has 1 atom stereocenters. The summed E-state index contributed by atoms with van der Waals surface area (Å²) in [5.74, 6) is -2.84. The van der Waals surface area contributed by atoms with Crippen LogP contribution in [0.3, 0.4) is 0 Å². The quantitative estimate of drug-likeness (QED) is 0.265. The maximum atomic E-state index is 10.9. The molecule has 1 fully saturated rings. The van der Waals surface area contributed by atoms with Gasteiger partial charge in [0.05, 0.1) is 5.57 Å². The summed E-state index contributed by atoms with van der Waals surface area (Å²) >= 11 is 0. The Morgan fingerprint density at radius 2 is 2.13 bits per heavy atom. The minimum atomic E-state index is -1.42. The van der Waals surface area contributed by atoms with Gasteiger partial charge < -0.3 is 9.47 Å². The Bertz CT molecular complexity index is 378. The normalized spacial score (nSPS) is 20.5. The molecule has 0 spiro atoms. The predicted octanol–water partition coefficient (Wildman–Crippen LogP) is -0.707. The first-order chi connectivity index (χ1) is 7.06. The van der Waals surface area contributed by atoms with E-state index < -0.39 is 24.0 Å². The maximum Gasteiger partial charge on any atom is 0.360 e. The van der Waals surface area contributed by atoms with Crippen LogP contribution >= 0.6 is 0 Å². The van der Waals surface area contributed by atoms with Crippen molar-refractivity contribution in [3.63, 3.8) is 0 Å². The Morgan fingerprint density at radius 3 is 2.60 bits per heavy atom. The third-order valence-electron chi connectivity index (χ3n) is 1.53. The minimum absolute atomic E-state index is 0.243. The number of cyclic esters (lactones) is 2. The van der Waals surface area contributed by atoms with Crippen molar-refractivity contribution < 1.29 is 28.7 Å². The van der Waals surface area contributed by atoms with Crippen molar-refractivity contribution in [3.8, 4) is 0 Å². The lowest BCUT2D eigenvalue weighted by Gasteiger charge is -2.04. The van der Waals surface area contributed by atoms with Crippen molar-refractivity contribution in [1.82, 2.24) is 0 Å². The van der Waals surface area contributed by atoms with Gasteiger partial charge in [0.25, 0.3) is 0 Å². The number of esters is 3. The van der Waals surface area contributed by atoms with E-state index in [0.29, 0.717) is 6.29 Å². The third-order valence-corrected chi connectivity index (χ3v) is 1.53. The largest absolute Gasteiger partial charge is 0.442 e. The Labute approximate surface area is 84.1 Å². The molecule has 1 aliphatic heterocycles. The zero-order valence-electron chi connectivity index (χ0n) is 7.47. The van der Waals surface area contributed by atoms with E-state index in [1.807, 2.05) is 0 Å². The zero-order chi connectivity index (χ0) is 11.4. The van der Waals surface area contributed by atoms with Crippen molar-refractivity contribution in [2.45, 2.75) is 6.10 Å². The summed E-state index contributed by atoms with van der Waals surface area (Å²) in [5.41, 5.74) is -0.243. The highest BCUT2D eigenvalue weighted by Crippen LogP contribution is 2.17. The highest BCUT2D eigenvalue weighted by atomic mass is 16.6. The van der Waals surface area contributed by atoms with Crippen LogP contribution < -0.4 is 0 Å². The summed E-state index contributed by atoms with van der Waals surface area (Å²) in [6.07, 6.45) is 0.666. The molecule has 0 saturated carbocycles. The number of hydrogen-bond acceptors (Lipinski definition) is 6. The van der Waals surface area contributed by atoms with Crippen LogP contribution in [0.4, 0.5) is 0 Å². The first kappa shape index (κ1) is 10.8. The van der Waals surface area contributed by atoms with E-state index in [9.17, 15) is 19.2 Å². The van der Waals surface area contributed by atoms with E-state index in [4.69, 9.17) is 0 Å². The van der Waals surface area contributed by atoms with Crippen molar-refractivity contribution in [1.29, 1.82) is 0 Å². The van der Waals surface area contributed by atoms with Crippen LogP contribution in [0.5, 0.6) is 0 Å². The molecule has 1 saturated heterocycles. The highest BCUT2D eigenvalue weighted by molar-refractivity contribution is 6.09. The van der Waals surface area contributed by atoms with Crippen molar-refractivity contribution in [3.05, 3.63) is 24.3 Å². The van der Waals surface area contributed by atoms with Gasteiger partial charge in [0.1, 0.15) is 6.29 Å². The van der Waals surface area contributed by atoms with E-state index in [1.165, 1.54) is 0 Å². The number of allylic oxidation sites excluding steroid dienone is 1. The Hall–Kier alpha value is -2.24. The van der Waals surface area contributed by atoms with E-state index >= 15 is 0 Å². The number of aldehydes is 1. The second kappa shape index (κ2) is 4.32. The molecule has 0 aliphatic carbocycles. The third kappa shape index (κ3) is 2.37. The van der Waals surface area contributed by atoms with E-state index in [1.54, 1.807) is 0 Å². The lowest BCUT2D eigenvalue weighted by Crippen LogP contribution is -2.22. The van der Waals surface area contributed by atoms with Crippen LogP contribution in [0.2, 0.25) is 0 Å². The molecular formula is C9H6O6. The second-order valence-electron chi connectivity index (χ2n) is 2.55. The van der Waals surface area contributed by atoms with Gasteiger partial charge in [0.15, 0.2) is 0 Å². The van der Waals surface area contributed by atoms with Gasteiger partial charge in [-0.15, -0.1) is 0 Å². The van der Waals surface area contributed by atoms with Gasteiger partial charge in [-0.3, -0.25) is 4.79 Å². The Balaban J connectivity index is 2.66. The molecule has 6 nitrogen and oxygen atoms in total. The lowest BCUT2D eigenvalue weighted by atomic mass is 10.2. The first-order valence-electron chi connectivity index (χ1n) is 3.83. The number of carbonyl (C=O) groups is 4. The van der Waals surface area contributed by atoms with Gasteiger partial charge in [-0.2, -0.15) is 0 Å². The van der Waals surface area contributed by atoms with Gasteiger partial charge in [-0.05, 0) is 6.08 Å². The molecule has 0 bridgehead atoms. The minimum Gasteiger partial charge on any atom is -0.442 e. The van der Waals surface area contributed by atoms with Crippen LogP contribution in [-0.2, 0) is 28.7 Å². The van der Waals surface area contributed by atoms with E-state index in [2.05, 4.69) is 16.1 Å². The van der Waals surface area contributed by atoms with Gasteiger partial charge in [-0.25, -0.2) is 14.4 Å². The van der Waals surface area contributed by atoms with Gasteiger partial charge in [-0.1, -0.05) is 6.58 Å². The Kier molecular flexibility index (Phi) is 3.12. The van der Waals surface area contributed by atoms with Gasteiger partial charge in [0, 0.05) is 6.08 Å². The first-order valence-corrected chi connectivity index (χ1v) is 3.83. The second-order valence-corrected chi connectivity index (χ2v) is 2.55. The van der Waals surface area contributed by atoms with Crippen LogP contribution in [0.1, 0.15) is 0 Å². The molecule has 6 heteroatoms. The summed E-state index contributed by atoms with van der Waals surface area (Å²) in [6.45, 7) is 3.23. The predicted molar refractivity (Wildman–Crippen MR) is 45.3 cm³/mol. The van der Waals surface area contributed by atoms with Crippen LogP contribution in [-0.4, -0.2) is 30.3 Å². The molecule has 0 amide bonds. The smallest absolute Gasteiger partial charge is 0.360 e. The summed E-state index contributed by atoms with van der Waals surface area (Å²) in [7, 11) is 0. The fourth-order valence-corrected chi connectivity index (χ4v) is 0.852. The van der Waals surface area contributed by atoms with E-state index in [-0.39, 0.29) is 5.57 Å². The SMILES string of the molecule is C=C1C(=O)OC(=O)C1OC(=O)/C=C/C=O. The summed E-state index contributed by atoms with van der Waals surface area (Å²) in [5, 5.41) is 0. The molecule has 0 aromatic rings. The molecule has 0 N–H and O–H groups in total. The average molecular weight is 210 g/mol. The van der Waals surface area contributed by atoms with Gasteiger partial charge >= 0.3 is 17.9 Å². The van der Waals surface area contributed by atoms with Crippen molar-refractivity contribution in [2.24, 2.45) is 0 Å². The molecule has 1 heterocycles. The lowest BCUT2D eigenvalue weighted by molar-refractivity contribution is -0.160. The van der Waals surface area contributed by atoms with E-state index in [0.717, 1.165) is 12.2 Å². The number of carbonyl (C=O) groups excluding carboxylic acids is 4. The topological polar surface area (TPSA) is 86.7 Å². The monoisotopic (exact) mass is 210 g/mol. The molecule has 1 aliphatic rings. The average Bonchev–Trinajstić information content (AvgIpc) is 2.42. The number of rotatable bonds is 3. The molecule has 78 valence electrons. The molecule has 1 rings (SSSR count). The summed E-state index contributed by atoms with van der Waals surface area (Å²) in [6, 6.07) is 0. The summed E-state index contributed by atoms with van der Waals surface area (Å²) < 4.78 is 8.67. The van der Waals surface area contributed by atoms with Crippen molar-refractivity contribution in [2.75, 3.05) is 0 Å². The van der Waals surface area contributed by atoms with Crippen LogP contribution in [0.15, 0.2) is 24.3 Å². The van der Waals surface area contributed by atoms with Gasteiger partial charge in [0.2, 0.25) is 6.10 Å². The molecular weight excluding hydrogens is 204 g/mol.